The van der Waals surface area contributed by atoms with Gasteiger partial charge in [0.25, 0.3) is 0 Å². The van der Waals surface area contributed by atoms with E-state index in [0.717, 1.165) is 5.69 Å². The molecule has 0 aliphatic carbocycles. The zero-order chi connectivity index (χ0) is 17.8. The van der Waals surface area contributed by atoms with Gasteiger partial charge in [0, 0.05) is 44.4 Å². The molecule has 0 saturated heterocycles. The Kier molecular flexibility index (Phi) is 4.88. The van der Waals surface area contributed by atoms with E-state index in [2.05, 4.69) is 0 Å². The lowest BCUT2D eigenvalue weighted by Crippen LogP contribution is -2.34. The second-order valence-electron chi connectivity index (χ2n) is 5.75. The zero-order valence-electron chi connectivity index (χ0n) is 14.3. The molecule has 0 radical (unpaired) electrons. The summed E-state index contributed by atoms with van der Waals surface area (Å²) >= 11 is 0. The van der Waals surface area contributed by atoms with Gasteiger partial charge in [0.1, 0.15) is 0 Å². The summed E-state index contributed by atoms with van der Waals surface area (Å²) in [6.45, 7) is 1.96. The van der Waals surface area contributed by atoms with Gasteiger partial charge in [-0.15, -0.1) is 0 Å². The van der Waals surface area contributed by atoms with Crippen molar-refractivity contribution in [3.05, 3.63) is 48.5 Å². The minimum atomic E-state index is -0.131. The first kappa shape index (κ1) is 16.8. The van der Waals surface area contributed by atoms with E-state index >= 15 is 0 Å². The van der Waals surface area contributed by atoms with Crippen LogP contribution in [0.5, 0.6) is 11.5 Å². The van der Waals surface area contributed by atoms with Crippen LogP contribution >= 0.6 is 0 Å². The molecule has 2 amide bonds. The molecule has 1 aliphatic rings. The summed E-state index contributed by atoms with van der Waals surface area (Å²) in [6.07, 6.45) is 0.222. The third-order valence-electron chi connectivity index (χ3n) is 4.11. The molecule has 0 aromatic heterocycles. The molecule has 25 heavy (non-hydrogen) atoms. The normalized spacial score (nSPS) is 11.9. The van der Waals surface area contributed by atoms with E-state index in [-0.39, 0.29) is 25.0 Å². The quantitative estimate of drug-likeness (QED) is 0.840. The van der Waals surface area contributed by atoms with Crippen molar-refractivity contribution in [2.75, 3.05) is 30.2 Å². The van der Waals surface area contributed by atoms with Crippen LogP contribution in [0.3, 0.4) is 0 Å². The highest BCUT2D eigenvalue weighted by atomic mass is 16.7. The van der Waals surface area contributed by atoms with E-state index in [1.165, 1.54) is 6.92 Å². The van der Waals surface area contributed by atoms with Crippen molar-refractivity contribution in [1.82, 2.24) is 0 Å². The van der Waals surface area contributed by atoms with Crippen LogP contribution in [0.15, 0.2) is 48.5 Å². The molecular formula is C19H20N2O4. The van der Waals surface area contributed by atoms with Gasteiger partial charge in [0.2, 0.25) is 18.6 Å². The number of nitrogens with zero attached hydrogens (tertiary/aromatic N) is 2. The molecule has 2 aromatic rings. The Bertz CT molecular complexity index is 776. The Morgan fingerprint density at radius 1 is 1.00 bits per heavy atom. The van der Waals surface area contributed by atoms with Crippen molar-refractivity contribution >= 4 is 23.2 Å². The lowest BCUT2D eigenvalue weighted by molar-refractivity contribution is -0.118. The van der Waals surface area contributed by atoms with Crippen LogP contribution in [0.1, 0.15) is 13.3 Å². The second kappa shape index (κ2) is 7.25. The number of para-hydroxylation sites is 1. The maximum absolute atomic E-state index is 12.4. The maximum atomic E-state index is 12.4. The standard InChI is InChI=1S/C19H20N2O4/c1-14(22)21(16-8-9-17-18(12-16)25-13-24-17)11-10-19(23)20(2)15-6-4-3-5-7-15/h3-9,12H,10-11,13H2,1-2H3. The molecule has 130 valence electrons. The Balaban J connectivity index is 1.68. The van der Waals surface area contributed by atoms with Crippen molar-refractivity contribution in [1.29, 1.82) is 0 Å². The fourth-order valence-electron chi connectivity index (χ4n) is 2.69. The summed E-state index contributed by atoms with van der Waals surface area (Å²) in [6, 6.07) is 14.7. The lowest BCUT2D eigenvalue weighted by Gasteiger charge is -2.23. The van der Waals surface area contributed by atoms with Gasteiger partial charge in [0.15, 0.2) is 11.5 Å². The average Bonchev–Trinajstić information content (AvgIpc) is 3.09. The third kappa shape index (κ3) is 3.74. The lowest BCUT2D eigenvalue weighted by atomic mass is 10.2. The van der Waals surface area contributed by atoms with E-state index in [1.54, 1.807) is 35.0 Å². The van der Waals surface area contributed by atoms with Crippen molar-refractivity contribution in [2.45, 2.75) is 13.3 Å². The topological polar surface area (TPSA) is 59.1 Å². The van der Waals surface area contributed by atoms with Gasteiger partial charge in [-0.05, 0) is 24.3 Å². The summed E-state index contributed by atoms with van der Waals surface area (Å²) in [4.78, 5) is 27.6. The predicted octanol–water partition coefficient (Wildman–Crippen LogP) is 2.82. The van der Waals surface area contributed by atoms with Crippen LogP contribution in [0.4, 0.5) is 11.4 Å². The number of benzene rings is 2. The molecule has 0 spiro atoms. The Morgan fingerprint density at radius 2 is 1.72 bits per heavy atom. The highest BCUT2D eigenvalue weighted by Gasteiger charge is 2.20. The maximum Gasteiger partial charge on any atom is 0.231 e. The molecule has 6 nitrogen and oxygen atoms in total. The summed E-state index contributed by atoms with van der Waals surface area (Å²) < 4.78 is 10.6. The van der Waals surface area contributed by atoms with E-state index in [9.17, 15) is 9.59 Å². The van der Waals surface area contributed by atoms with Gasteiger partial charge >= 0.3 is 0 Å². The van der Waals surface area contributed by atoms with Crippen molar-refractivity contribution < 1.29 is 19.1 Å². The van der Waals surface area contributed by atoms with Crippen LogP contribution in [-0.2, 0) is 9.59 Å². The zero-order valence-corrected chi connectivity index (χ0v) is 14.3. The van der Waals surface area contributed by atoms with Crippen LogP contribution in [0, 0.1) is 0 Å². The number of ether oxygens (including phenoxy) is 2. The van der Waals surface area contributed by atoms with Gasteiger partial charge in [-0.25, -0.2) is 0 Å². The smallest absolute Gasteiger partial charge is 0.231 e. The molecule has 1 heterocycles. The highest BCUT2D eigenvalue weighted by molar-refractivity contribution is 5.96. The number of anilines is 2. The molecule has 0 saturated carbocycles. The van der Waals surface area contributed by atoms with E-state index in [1.807, 2.05) is 30.3 Å². The number of hydrogen-bond donors (Lipinski definition) is 0. The summed E-state index contributed by atoms with van der Waals surface area (Å²) in [5.41, 5.74) is 1.51. The predicted molar refractivity (Wildman–Crippen MR) is 95.1 cm³/mol. The Morgan fingerprint density at radius 3 is 2.44 bits per heavy atom. The summed E-state index contributed by atoms with van der Waals surface area (Å²) in [5, 5.41) is 0. The first-order valence-corrected chi connectivity index (χ1v) is 8.05. The van der Waals surface area contributed by atoms with E-state index < -0.39 is 0 Å². The van der Waals surface area contributed by atoms with Gasteiger partial charge in [-0.2, -0.15) is 0 Å². The first-order valence-electron chi connectivity index (χ1n) is 8.05. The summed E-state index contributed by atoms with van der Waals surface area (Å²) in [7, 11) is 1.73. The largest absolute Gasteiger partial charge is 0.454 e. The molecule has 2 aromatic carbocycles. The monoisotopic (exact) mass is 340 g/mol. The Labute approximate surface area is 146 Å². The first-order chi connectivity index (χ1) is 12.1. The van der Waals surface area contributed by atoms with Crippen molar-refractivity contribution in [3.63, 3.8) is 0 Å². The fraction of sp³-hybridized carbons (Fsp3) is 0.263. The molecule has 3 rings (SSSR count). The molecule has 6 heteroatoms. The minimum absolute atomic E-state index is 0.0572. The molecule has 0 unspecified atom stereocenters. The van der Waals surface area contributed by atoms with Crippen molar-refractivity contribution in [3.8, 4) is 11.5 Å². The number of fused-ring (bicyclic) bond motifs is 1. The molecule has 0 N–H and O–H groups in total. The fourth-order valence-corrected chi connectivity index (χ4v) is 2.69. The Hall–Kier alpha value is -3.02. The number of hydrogen-bond acceptors (Lipinski definition) is 4. The van der Waals surface area contributed by atoms with Crippen LogP contribution in [0.25, 0.3) is 0 Å². The van der Waals surface area contributed by atoms with Crippen LogP contribution in [-0.4, -0.2) is 32.2 Å². The SMILES string of the molecule is CC(=O)N(CCC(=O)N(C)c1ccccc1)c1ccc2c(c1)OCO2. The van der Waals surface area contributed by atoms with E-state index in [4.69, 9.17) is 9.47 Å². The molecule has 0 atom stereocenters. The van der Waals surface area contributed by atoms with Crippen LogP contribution in [0.2, 0.25) is 0 Å². The van der Waals surface area contributed by atoms with E-state index in [0.29, 0.717) is 23.7 Å². The van der Waals surface area contributed by atoms with Gasteiger partial charge < -0.3 is 19.3 Å². The van der Waals surface area contributed by atoms with Crippen molar-refractivity contribution in [2.24, 2.45) is 0 Å². The summed E-state index contributed by atoms with van der Waals surface area (Å²) in [5.74, 6) is 1.08. The van der Waals surface area contributed by atoms with Gasteiger partial charge in [-0.3, -0.25) is 9.59 Å². The van der Waals surface area contributed by atoms with Gasteiger partial charge in [0.05, 0.1) is 0 Å². The molecule has 0 fully saturated rings. The highest BCUT2D eigenvalue weighted by Crippen LogP contribution is 2.35. The molecular weight excluding hydrogens is 320 g/mol. The molecule has 1 aliphatic heterocycles. The van der Waals surface area contributed by atoms with Gasteiger partial charge in [-0.1, -0.05) is 18.2 Å². The minimum Gasteiger partial charge on any atom is -0.454 e. The molecule has 0 bridgehead atoms. The second-order valence-corrected chi connectivity index (χ2v) is 5.75. The average molecular weight is 340 g/mol. The van der Waals surface area contributed by atoms with Crippen LogP contribution < -0.4 is 19.3 Å². The number of carbonyl (C=O) groups excluding carboxylic acids is 2. The number of carbonyl (C=O) groups is 2. The number of amides is 2. The third-order valence-corrected chi connectivity index (χ3v) is 4.11. The number of rotatable bonds is 5.